The van der Waals surface area contributed by atoms with Crippen LogP contribution >= 0.6 is 0 Å². The van der Waals surface area contributed by atoms with Gasteiger partial charge in [-0.15, -0.1) is 0 Å². The van der Waals surface area contributed by atoms with E-state index in [0.29, 0.717) is 23.1 Å². The first kappa shape index (κ1) is 14.4. The first-order valence-electron chi connectivity index (χ1n) is 6.66. The van der Waals surface area contributed by atoms with E-state index in [1.54, 1.807) is 18.2 Å². The number of amides is 2. The molecule has 0 spiro atoms. The van der Waals surface area contributed by atoms with E-state index in [-0.39, 0.29) is 29.4 Å². The van der Waals surface area contributed by atoms with E-state index in [4.69, 9.17) is 0 Å². The Morgan fingerprint density at radius 1 is 1.25 bits per heavy atom. The van der Waals surface area contributed by atoms with Crippen LogP contribution in [-0.2, 0) is 11.2 Å². The summed E-state index contributed by atoms with van der Waals surface area (Å²) in [6.45, 7) is 6.00. The number of fused-ring (bicyclic) bond motifs is 1. The normalized spacial score (nSPS) is 15.3. The van der Waals surface area contributed by atoms with Crippen molar-refractivity contribution in [3.63, 3.8) is 0 Å². The van der Waals surface area contributed by atoms with Gasteiger partial charge in [0.15, 0.2) is 5.78 Å². The first-order valence-corrected chi connectivity index (χ1v) is 6.66. The zero-order valence-corrected chi connectivity index (χ0v) is 12.3. The summed E-state index contributed by atoms with van der Waals surface area (Å²) >= 11 is 0. The molecule has 0 N–H and O–H groups in total. The van der Waals surface area contributed by atoms with E-state index in [0.717, 1.165) is 4.90 Å². The third-order valence-electron chi connectivity index (χ3n) is 3.37. The molecule has 1 heterocycles. The van der Waals surface area contributed by atoms with Crippen LogP contribution in [0.4, 0.5) is 0 Å². The Morgan fingerprint density at radius 2 is 1.90 bits per heavy atom. The summed E-state index contributed by atoms with van der Waals surface area (Å²) in [6.07, 6.45) is 0.639. The SMILES string of the molecule is CN1C(=O)Cc2ccc(C(=O)CC(C)(C)C)cc2C1=O. The second kappa shape index (κ2) is 4.85. The van der Waals surface area contributed by atoms with E-state index in [1.165, 1.54) is 7.05 Å². The Labute approximate surface area is 118 Å². The molecule has 1 aromatic rings. The van der Waals surface area contributed by atoms with Crippen LogP contribution in [0.5, 0.6) is 0 Å². The first-order chi connectivity index (χ1) is 9.19. The summed E-state index contributed by atoms with van der Waals surface area (Å²) < 4.78 is 0. The molecular formula is C16H19NO3. The highest BCUT2D eigenvalue weighted by atomic mass is 16.2. The molecule has 4 heteroatoms. The van der Waals surface area contributed by atoms with Crippen molar-refractivity contribution in [2.24, 2.45) is 5.41 Å². The molecule has 1 aliphatic heterocycles. The van der Waals surface area contributed by atoms with Gasteiger partial charge in [-0.05, 0) is 17.0 Å². The van der Waals surface area contributed by atoms with Gasteiger partial charge in [0, 0.05) is 24.6 Å². The molecule has 0 atom stereocenters. The summed E-state index contributed by atoms with van der Waals surface area (Å²) in [5, 5.41) is 0. The minimum Gasteiger partial charge on any atom is -0.294 e. The summed E-state index contributed by atoms with van der Waals surface area (Å²) in [4.78, 5) is 37.0. The third-order valence-corrected chi connectivity index (χ3v) is 3.37. The van der Waals surface area contributed by atoms with E-state index < -0.39 is 0 Å². The van der Waals surface area contributed by atoms with Crippen molar-refractivity contribution in [2.75, 3.05) is 7.05 Å². The number of carbonyl (C=O) groups is 3. The van der Waals surface area contributed by atoms with E-state index in [9.17, 15) is 14.4 Å². The molecule has 0 fully saturated rings. The lowest BCUT2D eigenvalue weighted by molar-refractivity contribution is -0.127. The fourth-order valence-corrected chi connectivity index (χ4v) is 2.26. The van der Waals surface area contributed by atoms with E-state index in [2.05, 4.69) is 0 Å². The Hall–Kier alpha value is -1.97. The highest BCUT2D eigenvalue weighted by Crippen LogP contribution is 2.25. The Morgan fingerprint density at radius 3 is 2.50 bits per heavy atom. The number of nitrogens with zero attached hydrogens (tertiary/aromatic N) is 1. The summed E-state index contributed by atoms with van der Waals surface area (Å²) in [6, 6.07) is 5.04. The standard InChI is InChI=1S/C16H19NO3/c1-16(2,3)9-13(18)11-6-5-10-8-14(19)17(4)15(20)12(10)7-11/h5-7H,8-9H2,1-4H3. The van der Waals surface area contributed by atoms with Crippen LogP contribution in [0.15, 0.2) is 18.2 Å². The van der Waals surface area contributed by atoms with Crippen molar-refractivity contribution in [2.45, 2.75) is 33.6 Å². The minimum absolute atomic E-state index is 0.0210. The lowest BCUT2D eigenvalue weighted by atomic mass is 9.86. The minimum atomic E-state index is -0.332. The third kappa shape index (κ3) is 2.79. The molecule has 2 rings (SSSR count). The molecule has 1 aromatic carbocycles. The molecule has 20 heavy (non-hydrogen) atoms. The maximum Gasteiger partial charge on any atom is 0.260 e. The maximum atomic E-state index is 12.2. The van der Waals surface area contributed by atoms with Crippen molar-refractivity contribution in [1.82, 2.24) is 4.90 Å². The molecule has 0 saturated carbocycles. The smallest absolute Gasteiger partial charge is 0.260 e. The number of Topliss-reactive ketones (excluding diaryl/α,β-unsaturated/α-hetero) is 1. The average Bonchev–Trinajstić information content (AvgIpc) is 2.34. The Bertz CT molecular complexity index is 596. The van der Waals surface area contributed by atoms with Gasteiger partial charge in [0.05, 0.1) is 6.42 Å². The summed E-state index contributed by atoms with van der Waals surface area (Å²) in [5.41, 5.74) is 1.61. The molecule has 0 aromatic heterocycles. The fraction of sp³-hybridized carbons (Fsp3) is 0.438. The summed E-state index contributed by atoms with van der Waals surface area (Å²) in [5.74, 6) is -0.523. The van der Waals surface area contributed by atoms with Gasteiger partial charge in [0.1, 0.15) is 0 Å². The molecule has 0 bridgehead atoms. The number of hydrogen-bond donors (Lipinski definition) is 0. The van der Waals surface area contributed by atoms with Crippen molar-refractivity contribution in [3.8, 4) is 0 Å². The van der Waals surface area contributed by atoms with Gasteiger partial charge >= 0.3 is 0 Å². The molecule has 0 unspecified atom stereocenters. The van der Waals surface area contributed by atoms with Crippen molar-refractivity contribution in [3.05, 3.63) is 34.9 Å². The maximum absolute atomic E-state index is 12.2. The van der Waals surface area contributed by atoms with Crippen molar-refractivity contribution in [1.29, 1.82) is 0 Å². The van der Waals surface area contributed by atoms with Gasteiger partial charge in [-0.1, -0.05) is 32.9 Å². The van der Waals surface area contributed by atoms with Crippen LogP contribution in [-0.4, -0.2) is 29.5 Å². The van der Waals surface area contributed by atoms with Crippen LogP contribution in [0.25, 0.3) is 0 Å². The lowest BCUT2D eigenvalue weighted by Crippen LogP contribution is -2.39. The number of carbonyl (C=O) groups excluding carboxylic acids is 3. The van der Waals surface area contributed by atoms with Gasteiger partial charge in [-0.25, -0.2) is 0 Å². The fourth-order valence-electron chi connectivity index (χ4n) is 2.26. The van der Waals surface area contributed by atoms with Crippen LogP contribution in [0.2, 0.25) is 0 Å². The van der Waals surface area contributed by atoms with Gasteiger partial charge in [0.2, 0.25) is 5.91 Å². The number of imide groups is 1. The van der Waals surface area contributed by atoms with Crippen molar-refractivity contribution < 1.29 is 14.4 Å². The zero-order chi connectivity index (χ0) is 15.1. The van der Waals surface area contributed by atoms with Gasteiger partial charge in [-0.3, -0.25) is 19.3 Å². The molecular weight excluding hydrogens is 254 g/mol. The van der Waals surface area contributed by atoms with E-state index >= 15 is 0 Å². The number of ketones is 1. The highest BCUT2D eigenvalue weighted by Gasteiger charge is 2.29. The quantitative estimate of drug-likeness (QED) is 0.614. The number of benzene rings is 1. The topological polar surface area (TPSA) is 54.5 Å². The molecule has 0 saturated heterocycles. The van der Waals surface area contributed by atoms with Crippen LogP contribution < -0.4 is 0 Å². The van der Waals surface area contributed by atoms with Crippen molar-refractivity contribution >= 4 is 17.6 Å². The predicted molar refractivity (Wildman–Crippen MR) is 75.6 cm³/mol. The second-order valence-electron chi connectivity index (χ2n) is 6.47. The van der Waals surface area contributed by atoms with E-state index in [1.807, 2.05) is 20.8 Å². The van der Waals surface area contributed by atoms with Crippen LogP contribution in [0.1, 0.15) is 53.5 Å². The average molecular weight is 273 g/mol. The summed E-state index contributed by atoms with van der Waals surface area (Å²) in [7, 11) is 1.47. The second-order valence-corrected chi connectivity index (χ2v) is 6.47. The zero-order valence-electron chi connectivity index (χ0n) is 12.3. The molecule has 106 valence electrons. The van der Waals surface area contributed by atoms with Crippen LogP contribution in [0.3, 0.4) is 0 Å². The van der Waals surface area contributed by atoms with Gasteiger partial charge < -0.3 is 0 Å². The largest absolute Gasteiger partial charge is 0.294 e. The molecule has 0 radical (unpaired) electrons. The Balaban J connectivity index is 2.35. The molecule has 2 amide bonds. The predicted octanol–water partition coefficient (Wildman–Crippen LogP) is 2.46. The Kier molecular flexibility index (Phi) is 3.50. The highest BCUT2D eigenvalue weighted by molar-refractivity contribution is 6.10. The van der Waals surface area contributed by atoms with Gasteiger partial charge in [-0.2, -0.15) is 0 Å². The number of likely N-dealkylation sites (N-methyl/N-ethyl adjacent to an activating group) is 1. The number of hydrogen-bond acceptors (Lipinski definition) is 3. The van der Waals surface area contributed by atoms with Crippen LogP contribution in [0, 0.1) is 5.41 Å². The molecule has 0 aliphatic carbocycles. The number of rotatable bonds is 2. The molecule has 1 aliphatic rings. The molecule has 4 nitrogen and oxygen atoms in total. The monoisotopic (exact) mass is 273 g/mol. The van der Waals surface area contributed by atoms with Gasteiger partial charge in [0.25, 0.3) is 5.91 Å². The lowest BCUT2D eigenvalue weighted by Gasteiger charge is -2.23.